The van der Waals surface area contributed by atoms with Gasteiger partial charge < -0.3 is 0 Å². The van der Waals surface area contributed by atoms with Crippen LogP contribution in [0, 0.1) is 0 Å². The van der Waals surface area contributed by atoms with Crippen molar-refractivity contribution in [3.05, 3.63) is 56.7 Å². The summed E-state index contributed by atoms with van der Waals surface area (Å²) in [7, 11) is 0. The molecule has 2 aromatic carbocycles. The Morgan fingerprint density at radius 2 is 1.90 bits per heavy atom. The third kappa shape index (κ3) is 2.68. The first kappa shape index (κ1) is 15.2. The third-order valence-electron chi connectivity index (χ3n) is 3.18. The monoisotopic (exact) mass is 402 g/mol. The minimum absolute atomic E-state index is 0.247. The Morgan fingerprint density at radius 3 is 2.57 bits per heavy atom. The number of hydrogen-bond acceptors (Lipinski definition) is 1. The minimum atomic E-state index is -0.247. The molecule has 0 N–H and O–H groups in total. The van der Waals surface area contributed by atoms with Crippen LogP contribution in [0.2, 0.25) is 10.0 Å². The van der Waals surface area contributed by atoms with E-state index in [1.165, 1.54) is 0 Å². The van der Waals surface area contributed by atoms with Gasteiger partial charge in [-0.1, -0.05) is 29.3 Å². The molecule has 0 aliphatic carbocycles. The first-order valence-corrected chi connectivity index (χ1v) is 8.24. The van der Waals surface area contributed by atoms with Crippen LogP contribution >= 0.6 is 50.7 Å². The molecule has 1 unspecified atom stereocenters. The second-order valence-corrected chi connectivity index (χ2v) is 6.95. The molecule has 108 valence electrons. The number of hydrogen-bond donors (Lipinski definition) is 0. The van der Waals surface area contributed by atoms with Crippen LogP contribution in [-0.4, -0.2) is 9.55 Å². The number of para-hydroxylation sites is 1. The molecular weight excluding hydrogens is 394 g/mol. The van der Waals surface area contributed by atoms with Crippen molar-refractivity contribution in [2.24, 2.45) is 0 Å². The highest BCUT2D eigenvalue weighted by Gasteiger charge is 2.18. The summed E-state index contributed by atoms with van der Waals surface area (Å²) in [4.78, 5) is 4.59. The van der Waals surface area contributed by atoms with Gasteiger partial charge in [-0.2, -0.15) is 0 Å². The highest BCUT2D eigenvalue weighted by atomic mass is 79.9. The number of rotatable bonds is 2. The molecule has 1 aromatic heterocycles. The number of alkyl halides is 1. The minimum Gasteiger partial charge on any atom is -0.295 e. The van der Waals surface area contributed by atoms with E-state index in [-0.39, 0.29) is 5.38 Å². The number of fused-ring (bicyclic) bond motifs is 1. The molecular formula is C15H10BrCl3N2. The second-order valence-electron chi connectivity index (χ2n) is 4.63. The average Bonchev–Trinajstić information content (AvgIpc) is 2.83. The summed E-state index contributed by atoms with van der Waals surface area (Å²) in [5.74, 6) is 0.744. The van der Waals surface area contributed by atoms with E-state index in [0.29, 0.717) is 10.0 Å². The lowest BCUT2D eigenvalue weighted by atomic mass is 10.2. The fourth-order valence-corrected chi connectivity index (χ4v) is 3.09. The van der Waals surface area contributed by atoms with E-state index in [0.717, 1.165) is 27.0 Å². The Hall–Kier alpha value is -0.740. The van der Waals surface area contributed by atoms with E-state index in [2.05, 4.69) is 20.9 Å². The van der Waals surface area contributed by atoms with Crippen LogP contribution in [0.25, 0.3) is 16.7 Å². The molecule has 0 saturated carbocycles. The van der Waals surface area contributed by atoms with Crippen molar-refractivity contribution in [3.63, 3.8) is 0 Å². The first-order valence-electron chi connectivity index (χ1n) is 6.25. The zero-order valence-electron chi connectivity index (χ0n) is 10.9. The Balaban J connectivity index is 2.36. The topological polar surface area (TPSA) is 17.8 Å². The highest BCUT2D eigenvalue weighted by molar-refractivity contribution is 9.10. The predicted molar refractivity (Wildman–Crippen MR) is 93.1 cm³/mol. The van der Waals surface area contributed by atoms with Gasteiger partial charge in [-0.05, 0) is 53.2 Å². The van der Waals surface area contributed by atoms with Crippen molar-refractivity contribution in [1.82, 2.24) is 9.55 Å². The lowest BCUT2D eigenvalue weighted by Gasteiger charge is -2.11. The van der Waals surface area contributed by atoms with Crippen molar-refractivity contribution in [2.45, 2.75) is 12.3 Å². The van der Waals surface area contributed by atoms with E-state index in [9.17, 15) is 0 Å². The molecule has 1 heterocycles. The molecule has 3 rings (SSSR count). The fourth-order valence-electron chi connectivity index (χ4n) is 2.25. The smallest absolute Gasteiger partial charge is 0.132 e. The van der Waals surface area contributed by atoms with Gasteiger partial charge in [0.25, 0.3) is 0 Å². The summed E-state index contributed by atoms with van der Waals surface area (Å²) in [5.41, 5.74) is 2.59. The molecule has 1 atom stereocenters. The van der Waals surface area contributed by atoms with E-state index < -0.39 is 0 Å². The van der Waals surface area contributed by atoms with Gasteiger partial charge in [0.2, 0.25) is 0 Å². The molecule has 0 amide bonds. The van der Waals surface area contributed by atoms with Crippen molar-refractivity contribution in [1.29, 1.82) is 0 Å². The molecule has 6 heteroatoms. The number of nitrogens with zero attached hydrogens (tertiary/aromatic N) is 2. The molecule has 3 aromatic rings. The maximum absolute atomic E-state index is 6.29. The number of benzene rings is 2. The summed E-state index contributed by atoms with van der Waals surface area (Å²) < 4.78 is 2.82. The lowest BCUT2D eigenvalue weighted by molar-refractivity contribution is 0.882. The van der Waals surface area contributed by atoms with Crippen LogP contribution in [0.3, 0.4) is 0 Å². The molecule has 2 nitrogen and oxygen atoms in total. The summed E-state index contributed by atoms with van der Waals surface area (Å²) in [6, 6.07) is 11.4. The molecule has 0 bridgehead atoms. The van der Waals surface area contributed by atoms with E-state index >= 15 is 0 Å². The Labute approximate surface area is 145 Å². The van der Waals surface area contributed by atoms with E-state index in [4.69, 9.17) is 34.8 Å². The zero-order chi connectivity index (χ0) is 15.1. The molecule has 21 heavy (non-hydrogen) atoms. The maximum atomic E-state index is 6.29. The van der Waals surface area contributed by atoms with Crippen LogP contribution in [0.5, 0.6) is 0 Å². The molecule has 0 aliphatic heterocycles. The van der Waals surface area contributed by atoms with Gasteiger partial charge in [0.05, 0.1) is 20.9 Å². The Kier molecular flexibility index (Phi) is 4.19. The SMILES string of the molecule is CC(Cl)c1nc2c(Cl)cccc2n1-c1ccc(Cl)c(Br)c1. The van der Waals surface area contributed by atoms with Crippen molar-refractivity contribution < 1.29 is 0 Å². The van der Waals surface area contributed by atoms with E-state index in [1.807, 2.05) is 47.9 Å². The Bertz CT molecular complexity index is 827. The summed E-state index contributed by atoms with van der Waals surface area (Å²) in [6.07, 6.45) is 0. The predicted octanol–water partition coefficient (Wildman–Crippen LogP) is 6.39. The van der Waals surface area contributed by atoms with Crippen LogP contribution < -0.4 is 0 Å². The highest BCUT2D eigenvalue weighted by Crippen LogP contribution is 2.33. The average molecular weight is 405 g/mol. The normalized spacial score (nSPS) is 12.8. The van der Waals surface area contributed by atoms with Crippen LogP contribution in [0.4, 0.5) is 0 Å². The first-order chi connectivity index (χ1) is 9.99. The number of aromatic nitrogens is 2. The fraction of sp³-hybridized carbons (Fsp3) is 0.133. The lowest BCUT2D eigenvalue weighted by Crippen LogP contribution is -2.01. The number of halogens is 4. The van der Waals surface area contributed by atoms with Crippen LogP contribution in [-0.2, 0) is 0 Å². The molecule has 0 saturated heterocycles. The van der Waals surface area contributed by atoms with Gasteiger partial charge >= 0.3 is 0 Å². The van der Waals surface area contributed by atoms with Gasteiger partial charge in [0.1, 0.15) is 11.3 Å². The molecule has 0 spiro atoms. The van der Waals surface area contributed by atoms with Crippen LogP contribution in [0.1, 0.15) is 18.1 Å². The largest absolute Gasteiger partial charge is 0.295 e. The van der Waals surface area contributed by atoms with Gasteiger partial charge in [0.15, 0.2) is 0 Å². The van der Waals surface area contributed by atoms with Crippen molar-refractivity contribution >= 4 is 61.8 Å². The summed E-state index contributed by atoms with van der Waals surface area (Å²) in [5, 5.41) is 1.02. The summed E-state index contributed by atoms with van der Waals surface area (Å²) in [6.45, 7) is 1.89. The Morgan fingerprint density at radius 1 is 1.14 bits per heavy atom. The van der Waals surface area contributed by atoms with Gasteiger partial charge in [-0.25, -0.2) is 4.98 Å². The van der Waals surface area contributed by atoms with Crippen LogP contribution in [0.15, 0.2) is 40.9 Å². The second kappa shape index (κ2) is 5.81. The van der Waals surface area contributed by atoms with Gasteiger partial charge in [0, 0.05) is 10.2 Å². The molecule has 0 aliphatic rings. The third-order valence-corrected chi connectivity index (χ3v) is 4.89. The molecule has 0 radical (unpaired) electrons. The van der Waals surface area contributed by atoms with Crippen molar-refractivity contribution in [3.8, 4) is 5.69 Å². The summed E-state index contributed by atoms with van der Waals surface area (Å²) >= 11 is 22.0. The standard InChI is InChI=1S/C15H10BrCl3N2/c1-8(17)15-20-14-12(19)3-2-4-13(14)21(15)9-5-6-11(18)10(16)7-9/h2-8H,1H3. The zero-order valence-corrected chi connectivity index (χ0v) is 14.8. The van der Waals surface area contributed by atoms with Gasteiger partial charge in [-0.15, -0.1) is 11.6 Å². The molecule has 0 fully saturated rings. The van der Waals surface area contributed by atoms with Crippen molar-refractivity contribution in [2.75, 3.05) is 0 Å². The maximum Gasteiger partial charge on any atom is 0.132 e. The number of imidazole rings is 1. The quantitative estimate of drug-likeness (QED) is 0.452. The van der Waals surface area contributed by atoms with E-state index in [1.54, 1.807) is 0 Å². The van der Waals surface area contributed by atoms with Gasteiger partial charge in [-0.3, -0.25) is 4.57 Å².